The molecule has 0 saturated heterocycles. The van der Waals surface area contributed by atoms with Gasteiger partial charge in [-0.25, -0.2) is 4.98 Å². The molecule has 2 aromatic rings. The summed E-state index contributed by atoms with van der Waals surface area (Å²) in [6, 6.07) is 7.55. The number of halogens is 1. The average Bonchev–Trinajstić information content (AvgIpc) is 2.87. The van der Waals surface area contributed by atoms with Crippen LogP contribution < -0.4 is 0 Å². The Morgan fingerprint density at radius 2 is 2.10 bits per heavy atom. The fourth-order valence-corrected chi connectivity index (χ4v) is 3.00. The molecule has 0 amide bonds. The number of aromatic nitrogens is 1. The first kappa shape index (κ1) is 15.9. The fraction of sp³-hybridized carbons (Fsp3) is 0.333. The number of thiazole rings is 1. The number of hydrogen-bond acceptors (Lipinski definition) is 4. The minimum atomic E-state index is -0.809. The molecule has 4 nitrogen and oxygen atoms in total. The number of aliphatic carboxylic acids is 1. The van der Waals surface area contributed by atoms with E-state index in [1.165, 1.54) is 0 Å². The maximum absolute atomic E-state index is 10.9. The maximum Gasteiger partial charge on any atom is 0.317 e. The molecule has 21 heavy (non-hydrogen) atoms. The van der Waals surface area contributed by atoms with Crippen LogP contribution in [-0.4, -0.2) is 34.0 Å². The van der Waals surface area contributed by atoms with Crippen molar-refractivity contribution in [2.75, 3.05) is 13.1 Å². The Morgan fingerprint density at radius 1 is 1.38 bits per heavy atom. The van der Waals surface area contributed by atoms with Gasteiger partial charge in [0.1, 0.15) is 5.01 Å². The van der Waals surface area contributed by atoms with E-state index in [9.17, 15) is 4.79 Å². The van der Waals surface area contributed by atoms with Gasteiger partial charge in [-0.2, -0.15) is 0 Å². The second kappa shape index (κ2) is 7.54. The summed E-state index contributed by atoms with van der Waals surface area (Å²) in [5, 5.41) is 12.5. The third-order valence-electron chi connectivity index (χ3n) is 2.93. The highest BCUT2D eigenvalue weighted by Crippen LogP contribution is 2.25. The monoisotopic (exact) mass is 324 g/mol. The molecule has 1 aromatic heterocycles. The van der Waals surface area contributed by atoms with Crippen molar-refractivity contribution in [3.8, 4) is 10.6 Å². The molecule has 0 radical (unpaired) electrons. The summed E-state index contributed by atoms with van der Waals surface area (Å²) in [5.41, 5.74) is 1.93. The van der Waals surface area contributed by atoms with Crippen molar-refractivity contribution in [3.05, 3.63) is 40.4 Å². The standard InChI is InChI=1S/C15H17ClN2O2S/c1-2-7-18(9-14(19)20)8-13-10-21-15(17-13)11-3-5-12(16)6-4-11/h3-6,10H,2,7-9H2,1H3,(H,19,20). The van der Waals surface area contributed by atoms with Gasteiger partial charge in [-0.15, -0.1) is 11.3 Å². The number of benzene rings is 1. The topological polar surface area (TPSA) is 53.4 Å². The molecule has 0 unspecified atom stereocenters. The van der Waals surface area contributed by atoms with E-state index >= 15 is 0 Å². The molecule has 1 N–H and O–H groups in total. The molecular weight excluding hydrogens is 308 g/mol. The predicted octanol–water partition coefficient (Wildman–Crippen LogP) is 3.76. The lowest BCUT2D eigenvalue weighted by atomic mass is 10.2. The average molecular weight is 325 g/mol. The van der Waals surface area contributed by atoms with E-state index in [-0.39, 0.29) is 6.54 Å². The lowest BCUT2D eigenvalue weighted by Gasteiger charge is -2.17. The molecule has 6 heteroatoms. The second-order valence-corrected chi connectivity index (χ2v) is 6.05. The van der Waals surface area contributed by atoms with Crippen LogP contribution >= 0.6 is 22.9 Å². The van der Waals surface area contributed by atoms with Crippen molar-refractivity contribution >= 4 is 28.9 Å². The lowest BCUT2D eigenvalue weighted by molar-refractivity contribution is -0.138. The molecule has 0 fully saturated rings. The van der Waals surface area contributed by atoms with Crippen LogP contribution in [0, 0.1) is 0 Å². The molecule has 112 valence electrons. The van der Waals surface area contributed by atoms with Gasteiger partial charge in [0.2, 0.25) is 0 Å². The van der Waals surface area contributed by atoms with Crippen molar-refractivity contribution in [1.82, 2.24) is 9.88 Å². The zero-order valence-electron chi connectivity index (χ0n) is 11.8. The largest absolute Gasteiger partial charge is 0.480 e. The van der Waals surface area contributed by atoms with Gasteiger partial charge in [0.25, 0.3) is 0 Å². The minimum Gasteiger partial charge on any atom is -0.480 e. The van der Waals surface area contributed by atoms with Gasteiger partial charge >= 0.3 is 5.97 Å². The van der Waals surface area contributed by atoms with E-state index in [4.69, 9.17) is 16.7 Å². The fourth-order valence-electron chi connectivity index (χ4n) is 2.06. The van der Waals surface area contributed by atoms with Crippen molar-refractivity contribution in [2.24, 2.45) is 0 Å². The molecule has 0 aliphatic rings. The highest BCUT2D eigenvalue weighted by molar-refractivity contribution is 7.13. The minimum absolute atomic E-state index is 0.0433. The Balaban J connectivity index is 2.07. The Morgan fingerprint density at radius 3 is 2.71 bits per heavy atom. The molecule has 0 atom stereocenters. The van der Waals surface area contributed by atoms with Crippen LogP contribution in [0.4, 0.5) is 0 Å². The maximum atomic E-state index is 10.9. The smallest absolute Gasteiger partial charge is 0.317 e. The van der Waals surface area contributed by atoms with Crippen LogP contribution in [-0.2, 0) is 11.3 Å². The Bertz CT molecular complexity index is 598. The number of hydrogen-bond donors (Lipinski definition) is 1. The van der Waals surface area contributed by atoms with Gasteiger partial charge in [0.15, 0.2) is 0 Å². The number of carboxylic acid groups (broad SMARTS) is 1. The van der Waals surface area contributed by atoms with Crippen LogP contribution in [0.25, 0.3) is 10.6 Å². The van der Waals surface area contributed by atoms with E-state index in [1.54, 1.807) is 11.3 Å². The summed E-state index contributed by atoms with van der Waals surface area (Å²) in [7, 11) is 0. The van der Waals surface area contributed by atoms with Crippen LogP contribution in [0.5, 0.6) is 0 Å². The van der Waals surface area contributed by atoms with Gasteiger partial charge in [-0.05, 0) is 25.1 Å². The molecule has 0 bridgehead atoms. The Kier molecular flexibility index (Phi) is 5.73. The first-order valence-corrected chi connectivity index (χ1v) is 7.98. The normalized spacial score (nSPS) is 11.0. The zero-order valence-corrected chi connectivity index (χ0v) is 13.3. The third-order valence-corrected chi connectivity index (χ3v) is 4.12. The zero-order chi connectivity index (χ0) is 15.2. The Hall–Kier alpha value is -1.43. The number of carboxylic acids is 1. The van der Waals surface area contributed by atoms with E-state index < -0.39 is 5.97 Å². The highest BCUT2D eigenvalue weighted by atomic mass is 35.5. The molecule has 1 aromatic carbocycles. The molecule has 0 aliphatic carbocycles. The summed E-state index contributed by atoms with van der Waals surface area (Å²) in [4.78, 5) is 17.3. The molecule has 0 spiro atoms. The number of carbonyl (C=O) groups is 1. The summed E-state index contributed by atoms with van der Waals surface area (Å²) in [5.74, 6) is -0.809. The van der Waals surface area contributed by atoms with Crippen LogP contribution in [0.3, 0.4) is 0 Å². The molecule has 1 heterocycles. The molecule has 0 aliphatic heterocycles. The summed E-state index contributed by atoms with van der Waals surface area (Å²) in [6.07, 6.45) is 0.918. The second-order valence-electron chi connectivity index (χ2n) is 4.76. The van der Waals surface area contributed by atoms with E-state index in [2.05, 4.69) is 4.98 Å². The first-order chi connectivity index (χ1) is 10.1. The van der Waals surface area contributed by atoms with Gasteiger partial charge < -0.3 is 5.11 Å². The SMILES string of the molecule is CCCN(CC(=O)O)Cc1csc(-c2ccc(Cl)cc2)n1. The summed E-state index contributed by atoms with van der Waals surface area (Å²) >= 11 is 7.44. The van der Waals surface area contributed by atoms with E-state index in [1.807, 2.05) is 41.5 Å². The lowest BCUT2D eigenvalue weighted by Crippen LogP contribution is -2.30. The van der Waals surface area contributed by atoms with Crippen LogP contribution in [0.2, 0.25) is 5.02 Å². The van der Waals surface area contributed by atoms with Gasteiger partial charge in [0.05, 0.1) is 12.2 Å². The van der Waals surface area contributed by atoms with E-state index in [0.717, 1.165) is 29.2 Å². The van der Waals surface area contributed by atoms with E-state index in [0.29, 0.717) is 11.6 Å². The van der Waals surface area contributed by atoms with Crippen LogP contribution in [0.1, 0.15) is 19.0 Å². The summed E-state index contributed by atoms with van der Waals surface area (Å²) < 4.78 is 0. The van der Waals surface area contributed by atoms with Crippen molar-refractivity contribution in [2.45, 2.75) is 19.9 Å². The Labute approximate surface area is 133 Å². The van der Waals surface area contributed by atoms with Gasteiger partial charge in [0, 0.05) is 22.5 Å². The third kappa shape index (κ3) is 4.81. The van der Waals surface area contributed by atoms with Crippen LogP contribution in [0.15, 0.2) is 29.6 Å². The number of rotatable bonds is 7. The molecular formula is C15H17ClN2O2S. The van der Waals surface area contributed by atoms with Crippen molar-refractivity contribution in [1.29, 1.82) is 0 Å². The highest BCUT2D eigenvalue weighted by Gasteiger charge is 2.12. The van der Waals surface area contributed by atoms with Gasteiger partial charge in [-0.3, -0.25) is 9.69 Å². The number of nitrogens with zero attached hydrogens (tertiary/aromatic N) is 2. The van der Waals surface area contributed by atoms with Gasteiger partial charge in [-0.1, -0.05) is 30.7 Å². The van der Waals surface area contributed by atoms with Crippen molar-refractivity contribution in [3.63, 3.8) is 0 Å². The van der Waals surface area contributed by atoms with Crippen molar-refractivity contribution < 1.29 is 9.90 Å². The molecule has 2 rings (SSSR count). The predicted molar refractivity (Wildman–Crippen MR) is 85.8 cm³/mol. The quantitative estimate of drug-likeness (QED) is 0.842. The molecule has 0 saturated carbocycles. The first-order valence-electron chi connectivity index (χ1n) is 6.73. The summed E-state index contributed by atoms with van der Waals surface area (Å²) in [6.45, 7) is 3.39.